The first-order valence-corrected chi connectivity index (χ1v) is 10.1. The van der Waals surface area contributed by atoms with E-state index in [1.54, 1.807) is 66.4 Å². The van der Waals surface area contributed by atoms with Gasteiger partial charge in [0.05, 0.1) is 12.8 Å². The Kier molecular flexibility index (Phi) is 6.00. The number of carbonyl (C=O) groups excluding carboxylic acids is 2. The molecule has 160 valence electrons. The van der Waals surface area contributed by atoms with E-state index in [0.29, 0.717) is 33.5 Å². The number of ketones is 1. The smallest absolute Gasteiger partial charge is 0.295 e. The molecule has 0 fully saturated rings. The largest absolute Gasteiger partial charge is 0.497 e. The minimum atomic E-state index is -0.499. The molecule has 0 unspecified atom stereocenters. The molecule has 4 aromatic rings. The van der Waals surface area contributed by atoms with Gasteiger partial charge < -0.3 is 10.1 Å². The van der Waals surface area contributed by atoms with Crippen LogP contribution in [0.4, 0.5) is 5.69 Å². The number of amides is 1. The van der Waals surface area contributed by atoms with E-state index in [-0.39, 0.29) is 11.6 Å². The van der Waals surface area contributed by atoms with Crippen molar-refractivity contribution in [1.82, 2.24) is 14.8 Å². The number of anilines is 1. The zero-order chi connectivity index (χ0) is 22.7. The van der Waals surface area contributed by atoms with Gasteiger partial charge in [-0.2, -0.15) is 0 Å². The van der Waals surface area contributed by atoms with Crippen molar-refractivity contribution in [2.24, 2.45) is 0 Å². The monoisotopic (exact) mass is 446 g/mol. The van der Waals surface area contributed by atoms with E-state index in [0.717, 1.165) is 5.56 Å². The minimum absolute atomic E-state index is 0.0241. The fourth-order valence-corrected chi connectivity index (χ4v) is 3.31. The summed E-state index contributed by atoms with van der Waals surface area (Å²) < 4.78 is 6.79. The summed E-state index contributed by atoms with van der Waals surface area (Å²) in [6.45, 7) is 1.47. The van der Waals surface area contributed by atoms with E-state index in [4.69, 9.17) is 16.3 Å². The van der Waals surface area contributed by atoms with Gasteiger partial charge in [-0.3, -0.25) is 9.59 Å². The number of ether oxygens (including phenoxy) is 1. The normalized spacial score (nSPS) is 10.6. The predicted molar refractivity (Wildman–Crippen MR) is 123 cm³/mol. The van der Waals surface area contributed by atoms with Gasteiger partial charge in [0, 0.05) is 21.8 Å². The molecular weight excluding hydrogens is 428 g/mol. The molecule has 3 aromatic carbocycles. The van der Waals surface area contributed by atoms with E-state index >= 15 is 0 Å². The van der Waals surface area contributed by atoms with Crippen molar-refractivity contribution in [2.75, 3.05) is 12.4 Å². The number of Topliss-reactive ketones (excluding diaryl/α,β-unsaturated/α-hetero) is 1. The molecule has 1 N–H and O–H groups in total. The second-order valence-electron chi connectivity index (χ2n) is 6.97. The highest BCUT2D eigenvalue weighted by atomic mass is 35.5. The van der Waals surface area contributed by atoms with Gasteiger partial charge in [-0.15, -0.1) is 5.10 Å². The van der Waals surface area contributed by atoms with E-state index in [2.05, 4.69) is 15.4 Å². The Morgan fingerprint density at radius 1 is 1.00 bits per heavy atom. The quantitative estimate of drug-likeness (QED) is 0.419. The molecule has 0 saturated heterocycles. The second kappa shape index (κ2) is 9.03. The highest BCUT2D eigenvalue weighted by Crippen LogP contribution is 2.25. The Morgan fingerprint density at radius 2 is 1.75 bits per heavy atom. The Morgan fingerprint density at radius 3 is 2.44 bits per heavy atom. The van der Waals surface area contributed by atoms with Gasteiger partial charge in [0.1, 0.15) is 5.75 Å². The molecule has 0 aliphatic rings. The van der Waals surface area contributed by atoms with Crippen LogP contribution in [0.3, 0.4) is 0 Å². The lowest BCUT2D eigenvalue weighted by atomic mass is 10.1. The van der Waals surface area contributed by atoms with Crippen LogP contribution in [0.5, 0.6) is 5.75 Å². The topological polar surface area (TPSA) is 86.1 Å². The SMILES string of the molecule is COc1ccc(-c2nc(C(=O)Nc3cccc(C(C)=O)c3)nn2-c2cccc(Cl)c2)cc1. The van der Waals surface area contributed by atoms with Crippen LogP contribution in [0.25, 0.3) is 17.1 Å². The van der Waals surface area contributed by atoms with Crippen molar-refractivity contribution in [1.29, 1.82) is 0 Å². The number of carbonyl (C=O) groups is 2. The Hall–Kier alpha value is -3.97. The molecule has 1 amide bonds. The number of nitrogens with one attached hydrogen (secondary N) is 1. The predicted octanol–water partition coefficient (Wildman–Crippen LogP) is 5.05. The Labute approximate surface area is 189 Å². The van der Waals surface area contributed by atoms with Crippen LogP contribution >= 0.6 is 11.6 Å². The molecule has 0 radical (unpaired) electrons. The molecule has 0 aliphatic carbocycles. The molecule has 4 rings (SSSR count). The van der Waals surface area contributed by atoms with Crippen molar-refractivity contribution in [3.8, 4) is 22.8 Å². The third kappa shape index (κ3) is 4.53. The van der Waals surface area contributed by atoms with Gasteiger partial charge >= 0.3 is 0 Å². The molecule has 7 nitrogen and oxygen atoms in total. The molecule has 0 spiro atoms. The van der Waals surface area contributed by atoms with Crippen molar-refractivity contribution in [3.63, 3.8) is 0 Å². The molecule has 0 aliphatic heterocycles. The number of hydrogen-bond acceptors (Lipinski definition) is 5. The van der Waals surface area contributed by atoms with Crippen LogP contribution in [-0.2, 0) is 0 Å². The summed E-state index contributed by atoms with van der Waals surface area (Å²) >= 11 is 6.16. The molecular formula is C24H19ClN4O3. The maximum absolute atomic E-state index is 12.9. The second-order valence-corrected chi connectivity index (χ2v) is 7.41. The molecule has 8 heteroatoms. The summed E-state index contributed by atoms with van der Waals surface area (Å²) in [7, 11) is 1.59. The lowest BCUT2D eigenvalue weighted by Crippen LogP contribution is -2.14. The van der Waals surface area contributed by atoms with Gasteiger partial charge in [-0.05, 0) is 61.5 Å². The number of rotatable bonds is 6. The Balaban J connectivity index is 1.73. The van der Waals surface area contributed by atoms with E-state index in [9.17, 15) is 9.59 Å². The molecule has 1 aromatic heterocycles. The average Bonchev–Trinajstić information content (AvgIpc) is 3.25. The van der Waals surface area contributed by atoms with Crippen LogP contribution < -0.4 is 10.1 Å². The maximum atomic E-state index is 12.9. The number of halogens is 1. The first kappa shape index (κ1) is 21.3. The minimum Gasteiger partial charge on any atom is -0.497 e. The standard InChI is InChI=1S/C24H19ClN4O3/c1-15(30)17-5-3-7-19(13-17)26-24(31)22-27-23(16-9-11-21(32-2)12-10-16)29(28-22)20-8-4-6-18(25)14-20/h3-14H,1-2H3,(H,26,31). The van der Waals surface area contributed by atoms with Crippen molar-refractivity contribution in [3.05, 3.63) is 89.2 Å². The maximum Gasteiger partial charge on any atom is 0.295 e. The summed E-state index contributed by atoms with van der Waals surface area (Å²) in [6.07, 6.45) is 0. The van der Waals surface area contributed by atoms with Crippen molar-refractivity contribution < 1.29 is 14.3 Å². The number of nitrogens with zero attached hydrogens (tertiary/aromatic N) is 3. The highest BCUT2D eigenvalue weighted by molar-refractivity contribution is 6.30. The Bertz CT molecular complexity index is 1300. The molecule has 0 saturated carbocycles. The zero-order valence-electron chi connectivity index (χ0n) is 17.4. The van der Waals surface area contributed by atoms with Gasteiger partial charge in [0.2, 0.25) is 5.82 Å². The lowest BCUT2D eigenvalue weighted by molar-refractivity contribution is 0.100. The number of benzene rings is 3. The molecule has 1 heterocycles. The van der Waals surface area contributed by atoms with Crippen LogP contribution in [0.15, 0.2) is 72.8 Å². The summed E-state index contributed by atoms with van der Waals surface area (Å²) in [6, 6.07) is 21.1. The molecule has 32 heavy (non-hydrogen) atoms. The van der Waals surface area contributed by atoms with Gasteiger partial charge in [0.15, 0.2) is 11.6 Å². The highest BCUT2D eigenvalue weighted by Gasteiger charge is 2.19. The lowest BCUT2D eigenvalue weighted by Gasteiger charge is -2.07. The molecule has 0 atom stereocenters. The van der Waals surface area contributed by atoms with Gasteiger partial charge in [0.25, 0.3) is 5.91 Å². The van der Waals surface area contributed by atoms with Crippen LogP contribution in [0.2, 0.25) is 5.02 Å². The summed E-state index contributed by atoms with van der Waals surface area (Å²) in [5.41, 5.74) is 2.39. The van der Waals surface area contributed by atoms with E-state index in [1.165, 1.54) is 6.92 Å². The fourth-order valence-electron chi connectivity index (χ4n) is 3.13. The molecule has 0 bridgehead atoms. The van der Waals surface area contributed by atoms with Crippen molar-refractivity contribution in [2.45, 2.75) is 6.92 Å². The number of aromatic nitrogens is 3. The third-order valence-corrected chi connectivity index (χ3v) is 4.97. The average molecular weight is 447 g/mol. The first-order chi connectivity index (χ1) is 15.4. The number of hydrogen-bond donors (Lipinski definition) is 1. The van der Waals surface area contributed by atoms with Crippen LogP contribution in [-0.4, -0.2) is 33.6 Å². The van der Waals surface area contributed by atoms with Gasteiger partial charge in [-0.25, -0.2) is 9.67 Å². The van der Waals surface area contributed by atoms with E-state index < -0.39 is 5.91 Å². The van der Waals surface area contributed by atoms with E-state index in [1.807, 2.05) is 18.2 Å². The number of methoxy groups -OCH3 is 1. The van der Waals surface area contributed by atoms with Crippen LogP contribution in [0.1, 0.15) is 27.9 Å². The first-order valence-electron chi connectivity index (χ1n) is 9.74. The van der Waals surface area contributed by atoms with Crippen LogP contribution in [0, 0.1) is 0 Å². The summed E-state index contributed by atoms with van der Waals surface area (Å²) in [4.78, 5) is 29.0. The fraction of sp³-hybridized carbons (Fsp3) is 0.0833. The van der Waals surface area contributed by atoms with Gasteiger partial charge in [-0.1, -0.05) is 29.8 Å². The summed E-state index contributed by atoms with van der Waals surface area (Å²) in [5, 5.41) is 7.71. The third-order valence-electron chi connectivity index (χ3n) is 4.74. The zero-order valence-corrected chi connectivity index (χ0v) is 18.1. The summed E-state index contributed by atoms with van der Waals surface area (Å²) in [5.74, 6) is 0.556. The van der Waals surface area contributed by atoms with Crippen molar-refractivity contribution >= 4 is 29.0 Å².